The van der Waals surface area contributed by atoms with E-state index in [1.807, 2.05) is 41.5 Å². The summed E-state index contributed by atoms with van der Waals surface area (Å²) in [5.41, 5.74) is 2.23. The molecule has 0 unspecified atom stereocenters. The Morgan fingerprint density at radius 2 is 0.875 bits per heavy atom. The number of nitrogens with one attached hydrogen (secondary N) is 1. The molecule has 0 bridgehead atoms. The molecule has 0 radical (unpaired) electrons. The average Bonchev–Trinajstić information content (AvgIpc) is 2.59. The molecule has 5 heteroatoms. The lowest BCUT2D eigenvalue weighted by atomic mass is 9.83. The molecule has 24 heavy (non-hydrogen) atoms. The summed E-state index contributed by atoms with van der Waals surface area (Å²) in [7, 11) is 0. The molecule has 3 N–H and O–H groups in total. The van der Waals surface area contributed by atoms with Gasteiger partial charge in [0, 0.05) is 24.8 Å². The predicted molar refractivity (Wildman–Crippen MR) is 104 cm³/mol. The van der Waals surface area contributed by atoms with Crippen LogP contribution in [0, 0.1) is 0 Å². The van der Waals surface area contributed by atoms with Crippen molar-refractivity contribution >= 4 is 17.3 Å². The first-order valence-corrected chi connectivity index (χ1v) is 9.27. The first kappa shape index (κ1) is 30.8. The predicted octanol–water partition coefficient (Wildman–Crippen LogP) is 4.37. The van der Waals surface area contributed by atoms with Crippen molar-refractivity contribution in [1.82, 2.24) is 5.43 Å². The molecule has 0 saturated heterocycles. The van der Waals surface area contributed by atoms with Gasteiger partial charge in [0.1, 0.15) is 17.3 Å². The molecule has 0 aromatic carbocycles. The fourth-order valence-corrected chi connectivity index (χ4v) is 1.84. The number of rotatable bonds is 10. The van der Waals surface area contributed by atoms with Crippen molar-refractivity contribution in [3.05, 3.63) is 0 Å². The van der Waals surface area contributed by atoms with Crippen molar-refractivity contribution in [1.29, 1.82) is 0 Å². The zero-order valence-electron chi connectivity index (χ0n) is 17.5. The minimum atomic E-state index is -0.497. The van der Waals surface area contributed by atoms with Crippen LogP contribution in [-0.4, -0.2) is 22.9 Å². The molecule has 0 spiro atoms. The Morgan fingerprint density at radius 1 is 0.667 bits per heavy atom. The number of carbonyl (C=O) groups is 3. The quantitative estimate of drug-likeness (QED) is 0.453. The lowest BCUT2D eigenvalue weighted by molar-refractivity contribution is -0.117. The van der Waals surface area contributed by atoms with E-state index in [0.717, 1.165) is 0 Å². The van der Waals surface area contributed by atoms with Crippen LogP contribution in [0.5, 0.6) is 0 Å². The Morgan fingerprint density at radius 3 is 1.00 bits per heavy atom. The van der Waals surface area contributed by atoms with E-state index < -0.39 is 5.54 Å². The maximum absolute atomic E-state index is 11.1. The molecule has 146 valence electrons. The van der Waals surface area contributed by atoms with Crippen LogP contribution in [0.25, 0.3) is 0 Å². The topological polar surface area (TPSA) is 89.3 Å². The summed E-state index contributed by atoms with van der Waals surface area (Å²) >= 11 is 0. The average molecular weight is 347 g/mol. The smallest absolute Gasteiger partial charge is 0.129 e. The van der Waals surface area contributed by atoms with Crippen LogP contribution in [0.2, 0.25) is 0 Å². The van der Waals surface area contributed by atoms with E-state index in [2.05, 4.69) is 5.43 Å². The van der Waals surface area contributed by atoms with E-state index in [1.165, 1.54) is 20.8 Å². The standard InChI is InChI=1S/C13H24N2O3.3C2H6/c1-10(16)4-7-13(15-14,8-5-11(2)17)9-6-12(3)18;3*1-2/h15H,4-9,14H2,1-3H3;3*1-2H3. The van der Waals surface area contributed by atoms with Gasteiger partial charge in [0.25, 0.3) is 0 Å². The Kier molecular flexibility index (Phi) is 28.1. The highest BCUT2D eigenvalue weighted by atomic mass is 16.1. The van der Waals surface area contributed by atoms with Crippen molar-refractivity contribution in [2.24, 2.45) is 5.84 Å². The summed E-state index contributed by atoms with van der Waals surface area (Å²) in [4.78, 5) is 33.2. The Labute approximate surface area is 150 Å². The van der Waals surface area contributed by atoms with Crippen molar-refractivity contribution < 1.29 is 14.4 Å². The van der Waals surface area contributed by atoms with E-state index in [0.29, 0.717) is 38.5 Å². The van der Waals surface area contributed by atoms with Gasteiger partial charge in [0.2, 0.25) is 0 Å². The third kappa shape index (κ3) is 20.9. The van der Waals surface area contributed by atoms with Gasteiger partial charge in [-0.25, -0.2) is 0 Å². The van der Waals surface area contributed by atoms with Gasteiger partial charge in [-0.2, -0.15) is 0 Å². The van der Waals surface area contributed by atoms with E-state index in [-0.39, 0.29) is 17.3 Å². The summed E-state index contributed by atoms with van der Waals surface area (Å²) in [6.45, 7) is 16.6. The fourth-order valence-electron chi connectivity index (χ4n) is 1.84. The zero-order valence-corrected chi connectivity index (χ0v) is 17.5. The van der Waals surface area contributed by atoms with Crippen LogP contribution in [0.3, 0.4) is 0 Å². The van der Waals surface area contributed by atoms with Gasteiger partial charge in [-0.05, 0) is 40.0 Å². The van der Waals surface area contributed by atoms with Crippen LogP contribution < -0.4 is 11.3 Å². The summed E-state index contributed by atoms with van der Waals surface area (Å²) in [6.07, 6.45) is 2.87. The van der Waals surface area contributed by atoms with E-state index in [4.69, 9.17) is 5.84 Å². The third-order valence-corrected chi connectivity index (χ3v) is 3.17. The van der Waals surface area contributed by atoms with Crippen LogP contribution in [0.4, 0.5) is 0 Å². The number of Topliss-reactive ketones (excluding diaryl/α,β-unsaturated/α-hetero) is 3. The normalized spacial score (nSPS) is 9.25. The second-order valence-electron chi connectivity index (χ2n) is 5.03. The highest BCUT2D eigenvalue weighted by Gasteiger charge is 2.29. The van der Waals surface area contributed by atoms with Crippen LogP contribution >= 0.6 is 0 Å². The van der Waals surface area contributed by atoms with Crippen molar-refractivity contribution in [2.75, 3.05) is 0 Å². The monoisotopic (exact) mass is 346 g/mol. The van der Waals surface area contributed by atoms with Gasteiger partial charge < -0.3 is 14.4 Å². The van der Waals surface area contributed by atoms with E-state index >= 15 is 0 Å². The Balaban J connectivity index is -0.000000297. The minimum absolute atomic E-state index is 0.0836. The fraction of sp³-hybridized carbons (Fsp3) is 0.842. The third-order valence-electron chi connectivity index (χ3n) is 3.17. The SMILES string of the molecule is CC.CC.CC.CC(=O)CCC(CCC(C)=O)(CCC(C)=O)NN. The van der Waals surface area contributed by atoms with Crippen LogP contribution in [-0.2, 0) is 14.4 Å². The van der Waals surface area contributed by atoms with Crippen molar-refractivity contribution in [3.8, 4) is 0 Å². The van der Waals surface area contributed by atoms with Gasteiger partial charge in [-0.3, -0.25) is 11.3 Å². The van der Waals surface area contributed by atoms with Gasteiger partial charge >= 0.3 is 0 Å². The molecule has 0 rings (SSSR count). The van der Waals surface area contributed by atoms with E-state index in [9.17, 15) is 14.4 Å². The minimum Gasteiger partial charge on any atom is -0.300 e. The largest absolute Gasteiger partial charge is 0.300 e. The van der Waals surface area contributed by atoms with Gasteiger partial charge in [0.15, 0.2) is 0 Å². The molecule has 0 saturated carbocycles. The summed E-state index contributed by atoms with van der Waals surface area (Å²) in [5.74, 6) is 5.83. The number of nitrogens with two attached hydrogens (primary N) is 1. The van der Waals surface area contributed by atoms with Crippen molar-refractivity contribution in [3.63, 3.8) is 0 Å². The van der Waals surface area contributed by atoms with Crippen LogP contribution in [0.1, 0.15) is 101 Å². The molecule has 0 atom stereocenters. The second-order valence-corrected chi connectivity index (χ2v) is 5.03. The molecule has 0 aliphatic carbocycles. The summed E-state index contributed by atoms with van der Waals surface area (Å²) < 4.78 is 0. The molecular formula is C19H42N2O3. The molecule has 0 aromatic heterocycles. The van der Waals surface area contributed by atoms with Gasteiger partial charge in [0.05, 0.1) is 0 Å². The number of hydrogen-bond donors (Lipinski definition) is 2. The Bertz CT molecular complexity index is 270. The number of hydrazine groups is 1. The molecule has 0 aromatic rings. The Hall–Kier alpha value is -1.07. The number of ketones is 3. The highest BCUT2D eigenvalue weighted by molar-refractivity contribution is 5.77. The van der Waals surface area contributed by atoms with Gasteiger partial charge in [-0.15, -0.1) is 0 Å². The number of hydrogen-bond acceptors (Lipinski definition) is 5. The molecule has 0 amide bonds. The first-order valence-electron chi connectivity index (χ1n) is 9.27. The number of carbonyl (C=O) groups excluding carboxylic acids is 3. The molecule has 0 heterocycles. The van der Waals surface area contributed by atoms with Crippen LogP contribution in [0.15, 0.2) is 0 Å². The van der Waals surface area contributed by atoms with Gasteiger partial charge in [-0.1, -0.05) is 41.5 Å². The molecular weight excluding hydrogens is 304 g/mol. The maximum Gasteiger partial charge on any atom is 0.129 e. The highest BCUT2D eigenvalue weighted by Crippen LogP contribution is 2.25. The molecule has 5 nitrogen and oxygen atoms in total. The maximum atomic E-state index is 11.1. The van der Waals surface area contributed by atoms with Crippen molar-refractivity contribution in [2.45, 2.75) is 106 Å². The van der Waals surface area contributed by atoms with E-state index in [1.54, 1.807) is 0 Å². The second kappa shape index (κ2) is 21.9. The molecule has 0 fully saturated rings. The molecule has 0 aliphatic rings. The lowest BCUT2D eigenvalue weighted by Gasteiger charge is -2.32. The summed E-state index contributed by atoms with van der Waals surface area (Å²) in [6, 6.07) is 0. The summed E-state index contributed by atoms with van der Waals surface area (Å²) in [5, 5.41) is 0. The molecule has 0 aliphatic heterocycles. The lowest BCUT2D eigenvalue weighted by Crippen LogP contribution is -2.50. The zero-order chi connectivity index (χ0) is 20.2. The first-order chi connectivity index (χ1) is 11.3.